The van der Waals surface area contributed by atoms with Gasteiger partial charge in [-0.1, -0.05) is 36.4 Å². The lowest BCUT2D eigenvalue weighted by Gasteiger charge is -2.13. The van der Waals surface area contributed by atoms with Crippen molar-refractivity contribution in [3.63, 3.8) is 0 Å². The van der Waals surface area contributed by atoms with Crippen LogP contribution < -0.4 is 25.7 Å². The molecule has 0 amide bonds. The Morgan fingerprint density at radius 1 is 0.906 bits per heavy atom. The van der Waals surface area contributed by atoms with Gasteiger partial charge in [-0.25, -0.2) is 4.99 Å². The first-order chi connectivity index (χ1) is 15.6. The van der Waals surface area contributed by atoms with Crippen molar-refractivity contribution in [2.45, 2.75) is 26.6 Å². The predicted octanol–water partition coefficient (Wildman–Crippen LogP) is 3.17. The van der Waals surface area contributed by atoms with Crippen LogP contribution in [0, 0.1) is 0 Å². The minimum absolute atomic E-state index is 0.000725. The van der Waals surface area contributed by atoms with Crippen molar-refractivity contribution in [1.82, 2.24) is 15.2 Å². The molecule has 0 bridgehead atoms. The van der Waals surface area contributed by atoms with Crippen LogP contribution in [0.25, 0.3) is 0 Å². The lowest BCUT2D eigenvalue weighted by Crippen LogP contribution is -2.36. The predicted molar refractivity (Wildman–Crippen MR) is 127 cm³/mol. The third-order valence-electron chi connectivity index (χ3n) is 4.95. The number of ether oxygens (including phenoxy) is 2. The van der Waals surface area contributed by atoms with E-state index in [1.165, 1.54) is 0 Å². The van der Waals surface area contributed by atoms with E-state index in [2.05, 4.69) is 27.8 Å². The Bertz CT molecular complexity index is 1090. The fourth-order valence-corrected chi connectivity index (χ4v) is 3.23. The largest absolute Gasteiger partial charge is 0.493 e. The summed E-state index contributed by atoms with van der Waals surface area (Å²) in [4.78, 5) is 16.6. The highest BCUT2D eigenvalue weighted by Gasteiger charge is 2.05. The second-order valence-corrected chi connectivity index (χ2v) is 7.22. The summed E-state index contributed by atoms with van der Waals surface area (Å²) in [6, 6.07) is 19.2. The monoisotopic (exact) mass is 434 g/mol. The van der Waals surface area contributed by atoms with Crippen LogP contribution in [0.2, 0.25) is 0 Å². The van der Waals surface area contributed by atoms with Gasteiger partial charge in [0.05, 0.1) is 27.3 Å². The molecule has 1 heterocycles. The van der Waals surface area contributed by atoms with Crippen molar-refractivity contribution in [2.24, 2.45) is 4.99 Å². The van der Waals surface area contributed by atoms with Gasteiger partial charge in [-0.15, -0.1) is 0 Å². The summed E-state index contributed by atoms with van der Waals surface area (Å²) in [6.45, 7) is 4.52. The lowest BCUT2D eigenvalue weighted by atomic mass is 10.1. The third kappa shape index (κ3) is 6.38. The standard InChI is InChI=1S/C25H30N4O3/c1-4-26-25(28-17-21-12-13-22(31-2)23(15-21)32-3)27-16-19-8-10-20(11-9-19)18-29-14-6-5-7-24(29)30/h5-15H,4,16-18H2,1-3H3,(H2,26,27,28). The number of nitrogens with zero attached hydrogens (tertiary/aromatic N) is 2. The summed E-state index contributed by atoms with van der Waals surface area (Å²) in [6.07, 6.45) is 1.80. The molecule has 0 aliphatic carbocycles. The summed E-state index contributed by atoms with van der Waals surface area (Å²) in [5.74, 6) is 2.13. The van der Waals surface area contributed by atoms with E-state index in [1.54, 1.807) is 37.1 Å². The molecule has 0 spiro atoms. The normalized spacial score (nSPS) is 11.2. The number of hydrogen-bond acceptors (Lipinski definition) is 4. The van der Waals surface area contributed by atoms with E-state index >= 15 is 0 Å². The molecule has 0 aliphatic heterocycles. The Labute approximate surface area is 188 Å². The molecule has 2 aromatic carbocycles. The van der Waals surface area contributed by atoms with Gasteiger partial charge in [0.15, 0.2) is 17.5 Å². The van der Waals surface area contributed by atoms with Gasteiger partial charge in [-0.2, -0.15) is 0 Å². The van der Waals surface area contributed by atoms with Crippen molar-refractivity contribution >= 4 is 5.96 Å². The number of rotatable bonds is 9. The number of aliphatic imine (C=N–C) groups is 1. The van der Waals surface area contributed by atoms with Crippen LogP contribution in [0.5, 0.6) is 11.5 Å². The maximum atomic E-state index is 11.9. The fourth-order valence-electron chi connectivity index (χ4n) is 3.23. The van der Waals surface area contributed by atoms with Gasteiger partial charge in [-0.3, -0.25) is 4.79 Å². The molecule has 0 atom stereocenters. The lowest BCUT2D eigenvalue weighted by molar-refractivity contribution is 0.354. The van der Waals surface area contributed by atoms with Gasteiger partial charge in [0.25, 0.3) is 5.56 Å². The highest BCUT2D eigenvalue weighted by Crippen LogP contribution is 2.27. The second-order valence-electron chi connectivity index (χ2n) is 7.22. The number of guanidine groups is 1. The molecule has 0 fully saturated rings. The fraction of sp³-hybridized carbons (Fsp3) is 0.280. The first-order valence-corrected chi connectivity index (χ1v) is 10.6. The highest BCUT2D eigenvalue weighted by molar-refractivity contribution is 5.79. The zero-order valence-corrected chi connectivity index (χ0v) is 18.8. The first kappa shape index (κ1) is 22.9. The number of pyridine rings is 1. The van der Waals surface area contributed by atoms with Crippen molar-refractivity contribution in [3.05, 3.63) is 93.9 Å². The molecular formula is C25H30N4O3. The topological polar surface area (TPSA) is 76.9 Å². The minimum Gasteiger partial charge on any atom is -0.493 e. The van der Waals surface area contributed by atoms with Gasteiger partial charge in [-0.05, 0) is 41.8 Å². The average Bonchev–Trinajstić information content (AvgIpc) is 2.83. The van der Waals surface area contributed by atoms with E-state index in [-0.39, 0.29) is 5.56 Å². The Balaban J connectivity index is 1.60. The van der Waals surface area contributed by atoms with E-state index in [4.69, 9.17) is 9.47 Å². The molecule has 0 saturated heterocycles. The molecule has 7 nitrogen and oxygen atoms in total. The third-order valence-corrected chi connectivity index (χ3v) is 4.95. The number of benzene rings is 2. The van der Waals surface area contributed by atoms with Gasteiger partial charge in [0.1, 0.15) is 0 Å². The highest BCUT2D eigenvalue weighted by atomic mass is 16.5. The zero-order valence-electron chi connectivity index (χ0n) is 18.8. The van der Waals surface area contributed by atoms with Crippen LogP contribution in [0.15, 0.2) is 76.6 Å². The van der Waals surface area contributed by atoms with Gasteiger partial charge in [0.2, 0.25) is 0 Å². The van der Waals surface area contributed by atoms with E-state index in [0.717, 1.165) is 29.2 Å². The van der Waals surface area contributed by atoms with Crippen LogP contribution in [-0.4, -0.2) is 31.3 Å². The summed E-state index contributed by atoms with van der Waals surface area (Å²) in [5.41, 5.74) is 3.24. The van der Waals surface area contributed by atoms with Crippen LogP contribution in [0.3, 0.4) is 0 Å². The van der Waals surface area contributed by atoms with Crippen molar-refractivity contribution in [2.75, 3.05) is 20.8 Å². The van der Waals surface area contributed by atoms with E-state index < -0.39 is 0 Å². The van der Waals surface area contributed by atoms with Crippen LogP contribution in [0.1, 0.15) is 23.6 Å². The number of methoxy groups -OCH3 is 2. The van der Waals surface area contributed by atoms with E-state index in [0.29, 0.717) is 31.1 Å². The van der Waals surface area contributed by atoms with Crippen molar-refractivity contribution in [1.29, 1.82) is 0 Å². The van der Waals surface area contributed by atoms with Gasteiger partial charge >= 0.3 is 0 Å². The van der Waals surface area contributed by atoms with Crippen LogP contribution >= 0.6 is 0 Å². The van der Waals surface area contributed by atoms with E-state index in [1.807, 2.05) is 43.3 Å². The molecular weight excluding hydrogens is 404 g/mol. The molecule has 0 radical (unpaired) electrons. The summed E-state index contributed by atoms with van der Waals surface area (Å²) in [7, 11) is 3.25. The summed E-state index contributed by atoms with van der Waals surface area (Å²) < 4.78 is 12.3. The number of hydrogen-bond donors (Lipinski definition) is 2. The Morgan fingerprint density at radius 3 is 2.31 bits per heavy atom. The molecule has 32 heavy (non-hydrogen) atoms. The van der Waals surface area contributed by atoms with Gasteiger partial charge in [0, 0.05) is 25.4 Å². The van der Waals surface area contributed by atoms with Crippen LogP contribution in [-0.2, 0) is 19.6 Å². The van der Waals surface area contributed by atoms with Crippen molar-refractivity contribution < 1.29 is 9.47 Å². The van der Waals surface area contributed by atoms with E-state index in [9.17, 15) is 4.79 Å². The zero-order chi connectivity index (χ0) is 22.8. The molecule has 1 aromatic heterocycles. The quantitative estimate of drug-likeness (QED) is 0.400. The molecule has 0 aliphatic rings. The van der Waals surface area contributed by atoms with Crippen LogP contribution in [0.4, 0.5) is 0 Å². The summed E-state index contributed by atoms with van der Waals surface area (Å²) >= 11 is 0. The number of aromatic nitrogens is 1. The molecule has 168 valence electrons. The molecule has 7 heteroatoms. The summed E-state index contributed by atoms with van der Waals surface area (Å²) in [5, 5.41) is 6.63. The smallest absolute Gasteiger partial charge is 0.250 e. The Morgan fingerprint density at radius 2 is 1.62 bits per heavy atom. The number of nitrogens with one attached hydrogen (secondary N) is 2. The molecule has 0 unspecified atom stereocenters. The molecule has 3 aromatic rings. The van der Waals surface area contributed by atoms with Gasteiger partial charge < -0.3 is 24.7 Å². The maximum absolute atomic E-state index is 11.9. The Kier molecular flexibility index (Phi) is 8.31. The SMILES string of the molecule is CCNC(=NCc1ccc(OC)c(OC)c1)NCc1ccc(Cn2ccccc2=O)cc1. The second kappa shape index (κ2) is 11.6. The molecule has 3 rings (SSSR count). The average molecular weight is 435 g/mol. The molecule has 2 N–H and O–H groups in total. The minimum atomic E-state index is -0.000725. The Hall–Kier alpha value is -3.74. The molecule has 0 saturated carbocycles. The first-order valence-electron chi connectivity index (χ1n) is 10.6. The maximum Gasteiger partial charge on any atom is 0.250 e. The van der Waals surface area contributed by atoms with Crippen molar-refractivity contribution in [3.8, 4) is 11.5 Å².